The van der Waals surface area contributed by atoms with Gasteiger partial charge in [-0.25, -0.2) is 4.79 Å². The van der Waals surface area contributed by atoms with Gasteiger partial charge in [0.2, 0.25) is 0 Å². The summed E-state index contributed by atoms with van der Waals surface area (Å²) in [6.07, 6.45) is 0. The normalized spacial score (nSPS) is 9.70. The molecule has 0 aromatic carbocycles. The van der Waals surface area contributed by atoms with Crippen molar-refractivity contribution in [1.29, 1.82) is 0 Å². The largest absolute Gasteiger partial charge is 0.477 e. The van der Waals surface area contributed by atoms with Crippen molar-refractivity contribution < 1.29 is 9.90 Å². The molecule has 0 unspecified atom stereocenters. The third-order valence-corrected chi connectivity index (χ3v) is 2.11. The van der Waals surface area contributed by atoms with E-state index in [2.05, 4.69) is 4.37 Å². The fourth-order valence-corrected chi connectivity index (χ4v) is 1.19. The van der Waals surface area contributed by atoms with Crippen LogP contribution >= 0.6 is 11.5 Å². The molecular formula is C5H6N2O2S. The molecule has 0 saturated heterocycles. The number of nitrogens with two attached hydrogens (primary N) is 1. The summed E-state index contributed by atoms with van der Waals surface area (Å²) >= 11 is 0.910. The van der Waals surface area contributed by atoms with Crippen molar-refractivity contribution in [3.05, 3.63) is 10.4 Å². The van der Waals surface area contributed by atoms with Crippen LogP contribution in [-0.4, -0.2) is 15.4 Å². The number of hydrogen-bond donors (Lipinski definition) is 2. The molecule has 1 aromatic rings. The van der Waals surface area contributed by atoms with Crippen molar-refractivity contribution in [1.82, 2.24) is 4.37 Å². The van der Waals surface area contributed by atoms with Crippen molar-refractivity contribution in [3.8, 4) is 0 Å². The summed E-state index contributed by atoms with van der Waals surface area (Å²) in [5, 5.41) is 8.49. The van der Waals surface area contributed by atoms with Crippen LogP contribution in [-0.2, 0) is 0 Å². The van der Waals surface area contributed by atoms with Gasteiger partial charge in [0, 0.05) is 5.56 Å². The van der Waals surface area contributed by atoms with Crippen molar-refractivity contribution in [2.45, 2.75) is 6.92 Å². The first kappa shape index (κ1) is 7.01. The van der Waals surface area contributed by atoms with Crippen molar-refractivity contribution in [3.63, 3.8) is 0 Å². The smallest absolute Gasteiger partial charge is 0.347 e. The minimum Gasteiger partial charge on any atom is -0.477 e. The van der Waals surface area contributed by atoms with Gasteiger partial charge in [0.1, 0.15) is 10.7 Å². The van der Waals surface area contributed by atoms with Gasteiger partial charge in [0.05, 0.1) is 0 Å². The molecule has 3 N–H and O–H groups in total. The Hall–Kier alpha value is -1.10. The summed E-state index contributed by atoms with van der Waals surface area (Å²) in [6.45, 7) is 1.64. The second-order valence-electron chi connectivity index (χ2n) is 1.83. The van der Waals surface area contributed by atoms with E-state index in [4.69, 9.17) is 10.8 Å². The molecule has 0 saturated carbocycles. The number of anilines is 1. The molecule has 10 heavy (non-hydrogen) atoms. The fourth-order valence-electron chi connectivity index (χ4n) is 0.548. The van der Waals surface area contributed by atoms with Gasteiger partial charge in [-0.2, -0.15) is 4.37 Å². The first-order valence-electron chi connectivity index (χ1n) is 2.58. The van der Waals surface area contributed by atoms with Gasteiger partial charge in [-0.1, -0.05) is 0 Å². The number of carbonyl (C=O) groups is 1. The van der Waals surface area contributed by atoms with E-state index in [1.165, 1.54) is 0 Å². The van der Waals surface area contributed by atoms with Gasteiger partial charge in [0.25, 0.3) is 0 Å². The van der Waals surface area contributed by atoms with E-state index in [0.29, 0.717) is 11.4 Å². The van der Waals surface area contributed by atoms with Gasteiger partial charge < -0.3 is 10.8 Å². The van der Waals surface area contributed by atoms with E-state index in [0.717, 1.165) is 11.5 Å². The molecule has 0 aliphatic heterocycles. The average Bonchev–Trinajstić information content (AvgIpc) is 2.14. The van der Waals surface area contributed by atoms with Crippen LogP contribution in [0.25, 0.3) is 0 Å². The second-order valence-corrected chi connectivity index (χ2v) is 2.60. The molecule has 0 spiro atoms. The van der Waals surface area contributed by atoms with Gasteiger partial charge in [0.15, 0.2) is 0 Å². The van der Waals surface area contributed by atoms with Crippen LogP contribution in [0.15, 0.2) is 0 Å². The van der Waals surface area contributed by atoms with Crippen LogP contribution in [0, 0.1) is 6.92 Å². The van der Waals surface area contributed by atoms with E-state index in [1.807, 2.05) is 0 Å². The molecule has 0 bridgehead atoms. The Kier molecular flexibility index (Phi) is 1.58. The van der Waals surface area contributed by atoms with Gasteiger partial charge in [-0.15, -0.1) is 0 Å². The third-order valence-electron chi connectivity index (χ3n) is 1.15. The number of carboxylic acid groups (broad SMARTS) is 1. The Balaban J connectivity index is 3.17. The Bertz CT molecular complexity index is 269. The van der Waals surface area contributed by atoms with Crippen LogP contribution in [0.5, 0.6) is 0 Å². The van der Waals surface area contributed by atoms with Crippen LogP contribution in [0.2, 0.25) is 0 Å². The van der Waals surface area contributed by atoms with Crippen molar-refractivity contribution in [2.75, 3.05) is 5.73 Å². The maximum Gasteiger partial charge on any atom is 0.347 e. The Morgan fingerprint density at radius 3 is 2.60 bits per heavy atom. The molecule has 1 aromatic heterocycles. The zero-order valence-electron chi connectivity index (χ0n) is 5.29. The predicted molar refractivity (Wildman–Crippen MR) is 38.2 cm³/mol. The number of carboxylic acids is 1. The van der Waals surface area contributed by atoms with Crippen LogP contribution in [0.3, 0.4) is 0 Å². The van der Waals surface area contributed by atoms with Crippen LogP contribution in [0.4, 0.5) is 5.82 Å². The molecule has 0 atom stereocenters. The molecule has 4 nitrogen and oxygen atoms in total. The number of hydrogen-bond acceptors (Lipinski definition) is 4. The van der Waals surface area contributed by atoms with Crippen LogP contribution in [0.1, 0.15) is 15.2 Å². The SMILES string of the molecule is Cc1c(N)nsc1C(=O)O. The fraction of sp³-hybridized carbons (Fsp3) is 0.200. The minimum atomic E-state index is -0.966. The molecule has 0 aliphatic rings. The van der Waals surface area contributed by atoms with Crippen molar-refractivity contribution in [2.24, 2.45) is 0 Å². The van der Waals surface area contributed by atoms with Crippen LogP contribution < -0.4 is 5.73 Å². The molecule has 54 valence electrons. The van der Waals surface area contributed by atoms with Crippen molar-refractivity contribution >= 4 is 23.3 Å². The number of nitrogen functional groups attached to an aromatic ring is 1. The highest BCUT2D eigenvalue weighted by Crippen LogP contribution is 2.18. The highest BCUT2D eigenvalue weighted by atomic mass is 32.1. The monoisotopic (exact) mass is 158 g/mol. The highest BCUT2D eigenvalue weighted by molar-refractivity contribution is 7.08. The predicted octanol–water partition coefficient (Wildman–Crippen LogP) is 0.732. The van der Waals surface area contributed by atoms with Gasteiger partial charge in [-0.3, -0.25) is 0 Å². The highest BCUT2D eigenvalue weighted by Gasteiger charge is 2.12. The quantitative estimate of drug-likeness (QED) is 0.631. The van der Waals surface area contributed by atoms with E-state index < -0.39 is 5.97 Å². The third kappa shape index (κ3) is 0.950. The lowest BCUT2D eigenvalue weighted by Gasteiger charge is -1.87. The lowest BCUT2D eigenvalue weighted by molar-refractivity contribution is 0.0701. The molecular weight excluding hydrogens is 152 g/mol. The molecule has 1 rings (SSSR count). The Morgan fingerprint density at radius 1 is 1.80 bits per heavy atom. The molecule has 0 fully saturated rings. The topological polar surface area (TPSA) is 76.2 Å². The van der Waals surface area contributed by atoms with E-state index in [-0.39, 0.29) is 4.88 Å². The van der Waals surface area contributed by atoms with Gasteiger partial charge in [-0.05, 0) is 18.5 Å². The van der Waals surface area contributed by atoms with E-state index in [1.54, 1.807) is 6.92 Å². The first-order chi connectivity index (χ1) is 4.63. The van der Waals surface area contributed by atoms with Gasteiger partial charge >= 0.3 is 5.97 Å². The molecule has 0 aliphatic carbocycles. The molecule has 0 radical (unpaired) electrons. The molecule has 0 amide bonds. The summed E-state index contributed by atoms with van der Waals surface area (Å²) in [6, 6.07) is 0. The number of nitrogens with zero attached hydrogens (tertiary/aromatic N) is 1. The van der Waals surface area contributed by atoms with E-state index >= 15 is 0 Å². The number of aromatic nitrogens is 1. The van der Waals surface area contributed by atoms with E-state index in [9.17, 15) is 4.79 Å². The average molecular weight is 158 g/mol. The number of rotatable bonds is 1. The number of aromatic carboxylic acids is 1. The molecule has 1 heterocycles. The second kappa shape index (κ2) is 2.26. The zero-order valence-corrected chi connectivity index (χ0v) is 6.10. The maximum atomic E-state index is 10.3. The minimum absolute atomic E-state index is 0.220. The summed E-state index contributed by atoms with van der Waals surface area (Å²) in [4.78, 5) is 10.6. The summed E-state index contributed by atoms with van der Waals surface area (Å²) < 4.78 is 3.68. The maximum absolute atomic E-state index is 10.3. The Labute approximate surface area is 61.5 Å². The zero-order chi connectivity index (χ0) is 7.72. The standard InChI is InChI=1S/C5H6N2O2S/c1-2-3(5(8)9)10-7-4(2)6/h1H3,(H2,6,7)(H,8,9). The molecule has 5 heteroatoms. The lowest BCUT2D eigenvalue weighted by atomic mass is 10.3. The first-order valence-corrected chi connectivity index (χ1v) is 3.35. The summed E-state index contributed by atoms with van der Waals surface area (Å²) in [5.74, 6) is -0.658. The summed E-state index contributed by atoms with van der Waals surface area (Å²) in [7, 11) is 0. The Morgan fingerprint density at radius 2 is 2.40 bits per heavy atom. The summed E-state index contributed by atoms with van der Waals surface area (Å²) in [5.41, 5.74) is 5.87. The lowest BCUT2D eigenvalue weighted by Crippen LogP contribution is -1.95.